The van der Waals surface area contributed by atoms with Gasteiger partial charge in [0.15, 0.2) is 0 Å². The standard InChI is InChI=1S/C19H22FNO2/c1-14-7-9-18(23-2)16(13-14)11-12-21-19(22)10-8-15-5-3-4-6-17(15)20/h3-7,9,13H,8,10-12H2,1-2H3,(H,21,22). The van der Waals surface area contributed by atoms with E-state index in [9.17, 15) is 9.18 Å². The summed E-state index contributed by atoms with van der Waals surface area (Å²) >= 11 is 0. The van der Waals surface area contributed by atoms with Gasteiger partial charge in [-0.1, -0.05) is 35.9 Å². The lowest BCUT2D eigenvalue weighted by Gasteiger charge is -2.10. The monoisotopic (exact) mass is 315 g/mol. The number of carbonyl (C=O) groups excluding carboxylic acids is 1. The fraction of sp³-hybridized carbons (Fsp3) is 0.316. The molecule has 2 aromatic rings. The number of rotatable bonds is 7. The molecule has 0 aliphatic carbocycles. The summed E-state index contributed by atoms with van der Waals surface area (Å²) in [6, 6.07) is 12.5. The van der Waals surface area contributed by atoms with Crippen LogP contribution in [-0.4, -0.2) is 19.6 Å². The largest absolute Gasteiger partial charge is 0.496 e. The normalized spacial score (nSPS) is 10.4. The summed E-state index contributed by atoms with van der Waals surface area (Å²) in [6.07, 6.45) is 1.40. The van der Waals surface area contributed by atoms with Crippen LogP contribution in [0, 0.1) is 12.7 Å². The smallest absolute Gasteiger partial charge is 0.220 e. The van der Waals surface area contributed by atoms with Gasteiger partial charge in [-0.15, -0.1) is 0 Å². The predicted molar refractivity (Wildman–Crippen MR) is 89.2 cm³/mol. The summed E-state index contributed by atoms with van der Waals surface area (Å²) in [5.41, 5.74) is 2.80. The van der Waals surface area contributed by atoms with E-state index >= 15 is 0 Å². The minimum atomic E-state index is -0.259. The van der Waals surface area contributed by atoms with Gasteiger partial charge in [-0.25, -0.2) is 4.39 Å². The van der Waals surface area contributed by atoms with Gasteiger partial charge in [0.05, 0.1) is 7.11 Å². The number of carbonyl (C=O) groups is 1. The predicted octanol–water partition coefficient (Wildman–Crippen LogP) is 3.43. The molecule has 3 nitrogen and oxygen atoms in total. The van der Waals surface area contributed by atoms with Crippen LogP contribution in [-0.2, 0) is 17.6 Å². The Balaban J connectivity index is 1.79. The highest BCUT2D eigenvalue weighted by atomic mass is 19.1. The van der Waals surface area contributed by atoms with Crippen LogP contribution < -0.4 is 10.1 Å². The maximum absolute atomic E-state index is 13.5. The second kappa shape index (κ2) is 8.32. The molecular formula is C19H22FNO2. The summed E-state index contributed by atoms with van der Waals surface area (Å²) < 4.78 is 18.8. The van der Waals surface area contributed by atoms with E-state index in [0.717, 1.165) is 16.9 Å². The molecule has 0 aliphatic rings. The number of benzene rings is 2. The van der Waals surface area contributed by atoms with Crippen LogP contribution in [0.5, 0.6) is 5.75 Å². The van der Waals surface area contributed by atoms with Crippen molar-refractivity contribution in [3.05, 3.63) is 65.0 Å². The molecule has 122 valence electrons. The highest BCUT2D eigenvalue weighted by Crippen LogP contribution is 2.19. The van der Waals surface area contributed by atoms with Gasteiger partial charge in [0, 0.05) is 13.0 Å². The lowest BCUT2D eigenvalue weighted by atomic mass is 10.1. The van der Waals surface area contributed by atoms with Crippen LogP contribution in [0.3, 0.4) is 0 Å². The first kappa shape index (κ1) is 17.0. The summed E-state index contributed by atoms with van der Waals surface area (Å²) in [4.78, 5) is 11.9. The zero-order chi connectivity index (χ0) is 16.7. The van der Waals surface area contributed by atoms with E-state index in [1.807, 2.05) is 19.1 Å². The van der Waals surface area contributed by atoms with Crippen molar-refractivity contribution in [2.24, 2.45) is 0 Å². The van der Waals surface area contributed by atoms with Gasteiger partial charge in [0.1, 0.15) is 11.6 Å². The fourth-order valence-corrected chi connectivity index (χ4v) is 2.48. The van der Waals surface area contributed by atoms with Crippen LogP contribution in [0.4, 0.5) is 4.39 Å². The van der Waals surface area contributed by atoms with Gasteiger partial charge >= 0.3 is 0 Å². The average Bonchev–Trinajstić information content (AvgIpc) is 2.54. The van der Waals surface area contributed by atoms with E-state index in [-0.39, 0.29) is 18.1 Å². The molecule has 0 aromatic heterocycles. The number of nitrogens with one attached hydrogen (secondary N) is 1. The summed E-state index contributed by atoms with van der Waals surface area (Å²) in [7, 11) is 1.64. The van der Waals surface area contributed by atoms with E-state index in [4.69, 9.17) is 4.74 Å². The summed E-state index contributed by atoms with van der Waals surface area (Å²) in [6.45, 7) is 2.56. The van der Waals surface area contributed by atoms with Gasteiger partial charge in [0.2, 0.25) is 5.91 Å². The Bertz CT molecular complexity index is 670. The van der Waals surface area contributed by atoms with E-state index in [1.54, 1.807) is 25.3 Å². The first-order valence-electron chi connectivity index (χ1n) is 7.74. The van der Waals surface area contributed by atoms with Crippen molar-refractivity contribution < 1.29 is 13.9 Å². The van der Waals surface area contributed by atoms with Crippen LogP contribution in [0.25, 0.3) is 0 Å². The maximum Gasteiger partial charge on any atom is 0.220 e. The second-order valence-electron chi connectivity index (χ2n) is 5.51. The maximum atomic E-state index is 13.5. The van der Waals surface area contributed by atoms with Crippen molar-refractivity contribution in [2.45, 2.75) is 26.2 Å². The van der Waals surface area contributed by atoms with Gasteiger partial charge in [0.25, 0.3) is 0 Å². The van der Waals surface area contributed by atoms with E-state index in [1.165, 1.54) is 6.07 Å². The van der Waals surface area contributed by atoms with Crippen LogP contribution >= 0.6 is 0 Å². The molecule has 0 saturated carbocycles. The van der Waals surface area contributed by atoms with Crippen LogP contribution in [0.2, 0.25) is 0 Å². The van der Waals surface area contributed by atoms with E-state index in [0.29, 0.717) is 24.9 Å². The molecule has 0 bridgehead atoms. The van der Waals surface area contributed by atoms with Crippen molar-refractivity contribution in [1.82, 2.24) is 5.32 Å². The third kappa shape index (κ3) is 5.09. The topological polar surface area (TPSA) is 38.3 Å². The molecule has 1 N–H and O–H groups in total. The first-order valence-corrected chi connectivity index (χ1v) is 7.74. The number of aryl methyl sites for hydroxylation is 2. The molecule has 2 aromatic carbocycles. The molecule has 4 heteroatoms. The molecule has 0 saturated heterocycles. The van der Waals surface area contributed by atoms with Gasteiger partial charge < -0.3 is 10.1 Å². The van der Waals surface area contributed by atoms with Crippen molar-refractivity contribution in [1.29, 1.82) is 0 Å². The SMILES string of the molecule is COc1ccc(C)cc1CCNC(=O)CCc1ccccc1F. The molecule has 1 amide bonds. The minimum Gasteiger partial charge on any atom is -0.496 e. The van der Waals surface area contributed by atoms with Gasteiger partial charge in [-0.2, -0.15) is 0 Å². The zero-order valence-corrected chi connectivity index (χ0v) is 13.6. The minimum absolute atomic E-state index is 0.0696. The van der Waals surface area contributed by atoms with Crippen molar-refractivity contribution in [3.8, 4) is 5.75 Å². The highest BCUT2D eigenvalue weighted by Gasteiger charge is 2.07. The van der Waals surface area contributed by atoms with Crippen molar-refractivity contribution in [2.75, 3.05) is 13.7 Å². The Labute approximate surface area is 136 Å². The molecule has 2 rings (SSSR count). The lowest BCUT2D eigenvalue weighted by molar-refractivity contribution is -0.121. The quantitative estimate of drug-likeness (QED) is 0.850. The molecular weight excluding hydrogens is 293 g/mol. The highest BCUT2D eigenvalue weighted by molar-refractivity contribution is 5.76. The lowest BCUT2D eigenvalue weighted by Crippen LogP contribution is -2.26. The first-order chi connectivity index (χ1) is 11.1. The number of amides is 1. The molecule has 23 heavy (non-hydrogen) atoms. The molecule has 0 atom stereocenters. The molecule has 0 unspecified atom stereocenters. The van der Waals surface area contributed by atoms with Crippen LogP contribution in [0.1, 0.15) is 23.1 Å². The Morgan fingerprint density at radius 1 is 1.13 bits per heavy atom. The molecule has 0 fully saturated rings. The average molecular weight is 315 g/mol. The second-order valence-corrected chi connectivity index (χ2v) is 5.51. The molecule has 0 heterocycles. The fourth-order valence-electron chi connectivity index (χ4n) is 2.48. The third-order valence-corrected chi connectivity index (χ3v) is 3.73. The molecule has 0 spiro atoms. The third-order valence-electron chi connectivity index (χ3n) is 3.73. The number of hydrogen-bond acceptors (Lipinski definition) is 2. The number of methoxy groups -OCH3 is 1. The van der Waals surface area contributed by atoms with E-state index in [2.05, 4.69) is 11.4 Å². The number of hydrogen-bond donors (Lipinski definition) is 1. The zero-order valence-electron chi connectivity index (χ0n) is 13.6. The van der Waals surface area contributed by atoms with Crippen molar-refractivity contribution in [3.63, 3.8) is 0 Å². The Morgan fingerprint density at radius 3 is 2.65 bits per heavy atom. The molecule has 0 radical (unpaired) electrons. The Morgan fingerprint density at radius 2 is 1.91 bits per heavy atom. The molecule has 0 aliphatic heterocycles. The summed E-state index contributed by atoms with van der Waals surface area (Å²) in [5, 5.41) is 2.87. The van der Waals surface area contributed by atoms with Crippen molar-refractivity contribution >= 4 is 5.91 Å². The summed E-state index contributed by atoms with van der Waals surface area (Å²) in [5.74, 6) is 0.501. The van der Waals surface area contributed by atoms with Crippen LogP contribution in [0.15, 0.2) is 42.5 Å². The van der Waals surface area contributed by atoms with E-state index < -0.39 is 0 Å². The Kier molecular flexibility index (Phi) is 6.15. The van der Waals surface area contributed by atoms with Gasteiger partial charge in [-0.05, 0) is 43.0 Å². The number of halogens is 1. The Hall–Kier alpha value is -2.36. The number of ether oxygens (including phenoxy) is 1. The van der Waals surface area contributed by atoms with Gasteiger partial charge in [-0.3, -0.25) is 4.79 Å².